The number of benzene rings is 1. The smallest absolute Gasteiger partial charge is 0.113 e. The van der Waals surface area contributed by atoms with Crippen molar-refractivity contribution < 1.29 is 4.74 Å². The summed E-state index contributed by atoms with van der Waals surface area (Å²) < 4.78 is 5.60. The molecule has 1 atom stereocenters. The van der Waals surface area contributed by atoms with Crippen LogP contribution in [0.2, 0.25) is 0 Å². The molecule has 2 rings (SSSR count). The highest BCUT2D eigenvalue weighted by atomic mass is 16.5. The van der Waals surface area contributed by atoms with E-state index in [-0.39, 0.29) is 5.72 Å². The number of rotatable bonds is 4. The summed E-state index contributed by atoms with van der Waals surface area (Å²) in [5.74, 6) is 0. The second-order valence-corrected chi connectivity index (χ2v) is 4.78. The molecule has 16 heavy (non-hydrogen) atoms. The van der Waals surface area contributed by atoms with Crippen LogP contribution in [-0.2, 0) is 11.3 Å². The van der Waals surface area contributed by atoms with Crippen LogP contribution in [0.25, 0.3) is 0 Å². The van der Waals surface area contributed by atoms with E-state index in [0.717, 1.165) is 19.7 Å². The van der Waals surface area contributed by atoms with Gasteiger partial charge in [0.05, 0.1) is 6.61 Å². The summed E-state index contributed by atoms with van der Waals surface area (Å²) in [6, 6.07) is 10.9. The zero-order valence-corrected chi connectivity index (χ0v) is 9.99. The van der Waals surface area contributed by atoms with Gasteiger partial charge in [0.25, 0.3) is 0 Å². The number of hydrogen-bond donors (Lipinski definition) is 2. The molecule has 1 fully saturated rings. The van der Waals surface area contributed by atoms with Crippen LogP contribution in [0.1, 0.15) is 19.4 Å². The average Bonchev–Trinajstić information content (AvgIpc) is 2.60. The van der Waals surface area contributed by atoms with Gasteiger partial charge in [0, 0.05) is 19.1 Å². The Morgan fingerprint density at radius 3 is 2.75 bits per heavy atom. The molecule has 1 heterocycles. The molecule has 0 amide bonds. The summed E-state index contributed by atoms with van der Waals surface area (Å²) >= 11 is 0. The second kappa shape index (κ2) is 4.95. The Morgan fingerprint density at radius 2 is 2.12 bits per heavy atom. The average molecular weight is 220 g/mol. The first-order valence-corrected chi connectivity index (χ1v) is 5.82. The maximum absolute atomic E-state index is 5.60. The van der Waals surface area contributed by atoms with Gasteiger partial charge in [-0.15, -0.1) is 0 Å². The monoisotopic (exact) mass is 220 g/mol. The van der Waals surface area contributed by atoms with Gasteiger partial charge >= 0.3 is 0 Å². The van der Waals surface area contributed by atoms with Gasteiger partial charge in [-0.1, -0.05) is 30.3 Å². The van der Waals surface area contributed by atoms with E-state index in [2.05, 4.69) is 48.7 Å². The highest BCUT2D eigenvalue weighted by molar-refractivity contribution is 5.14. The maximum Gasteiger partial charge on any atom is 0.113 e. The minimum Gasteiger partial charge on any atom is -0.360 e. The fourth-order valence-corrected chi connectivity index (χ4v) is 1.98. The van der Waals surface area contributed by atoms with E-state index < -0.39 is 0 Å². The Balaban J connectivity index is 1.70. The van der Waals surface area contributed by atoms with Gasteiger partial charge in [-0.2, -0.15) is 0 Å². The molecule has 2 N–H and O–H groups in total. The van der Waals surface area contributed by atoms with Crippen molar-refractivity contribution in [3.63, 3.8) is 0 Å². The normalized spacial score (nSPS) is 23.5. The first-order chi connectivity index (χ1) is 7.66. The summed E-state index contributed by atoms with van der Waals surface area (Å²) in [6.45, 7) is 6.76. The Kier molecular flexibility index (Phi) is 3.59. The molecule has 1 aromatic rings. The lowest BCUT2D eigenvalue weighted by Crippen LogP contribution is -2.43. The lowest BCUT2D eigenvalue weighted by Gasteiger charge is -2.18. The summed E-state index contributed by atoms with van der Waals surface area (Å²) in [5.41, 5.74) is 1.15. The molecule has 0 aliphatic carbocycles. The molecule has 1 aromatic carbocycles. The van der Waals surface area contributed by atoms with Gasteiger partial charge in [0.15, 0.2) is 0 Å². The molecule has 1 aliphatic heterocycles. The molecule has 1 unspecified atom stereocenters. The van der Waals surface area contributed by atoms with Crippen molar-refractivity contribution in [2.24, 2.45) is 0 Å². The fourth-order valence-electron chi connectivity index (χ4n) is 1.98. The molecule has 0 spiro atoms. The van der Waals surface area contributed by atoms with Crippen molar-refractivity contribution in [2.75, 3.05) is 13.2 Å². The van der Waals surface area contributed by atoms with Crippen molar-refractivity contribution in [2.45, 2.75) is 32.2 Å². The highest BCUT2D eigenvalue weighted by Gasteiger charge is 2.30. The zero-order valence-electron chi connectivity index (χ0n) is 9.99. The van der Waals surface area contributed by atoms with Gasteiger partial charge in [-0.25, -0.2) is 0 Å². The van der Waals surface area contributed by atoms with Gasteiger partial charge < -0.3 is 10.1 Å². The summed E-state index contributed by atoms with van der Waals surface area (Å²) in [4.78, 5) is 0. The summed E-state index contributed by atoms with van der Waals surface area (Å²) in [7, 11) is 0. The Labute approximate surface area is 97.2 Å². The van der Waals surface area contributed by atoms with E-state index in [1.54, 1.807) is 0 Å². The highest BCUT2D eigenvalue weighted by Crippen LogP contribution is 2.13. The van der Waals surface area contributed by atoms with Crippen LogP contribution in [0.15, 0.2) is 30.3 Å². The van der Waals surface area contributed by atoms with Gasteiger partial charge in [0.1, 0.15) is 5.72 Å². The van der Waals surface area contributed by atoms with Crippen LogP contribution in [0, 0.1) is 0 Å². The van der Waals surface area contributed by atoms with Gasteiger partial charge in [-0.05, 0) is 19.4 Å². The Morgan fingerprint density at radius 1 is 1.38 bits per heavy atom. The predicted molar refractivity (Wildman–Crippen MR) is 65.1 cm³/mol. The molecule has 3 heteroatoms. The van der Waals surface area contributed by atoms with Crippen LogP contribution in [0.4, 0.5) is 0 Å². The first-order valence-electron chi connectivity index (χ1n) is 5.82. The van der Waals surface area contributed by atoms with Crippen molar-refractivity contribution in [3.8, 4) is 0 Å². The Bertz CT molecular complexity index is 324. The van der Waals surface area contributed by atoms with Gasteiger partial charge in [-0.3, -0.25) is 5.32 Å². The van der Waals surface area contributed by atoms with E-state index >= 15 is 0 Å². The third-order valence-corrected chi connectivity index (χ3v) is 2.76. The van der Waals surface area contributed by atoms with Crippen molar-refractivity contribution in [3.05, 3.63) is 35.9 Å². The molecule has 1 aliphatic rings. The lowest BCUT2D eigenvalue weighted by molar-refractivity contribution is 0.0231. The minimum absolute atomic E-state index is 0.168. The van der Waals surface area contributed by atoms with E-state index in [4.69, 9.17) is 4.74 Å². The SMILES string of the molecule is CC1(C)NC(CNCc2ccccc2)CO1. The molecular weight excluding hydrogens is 200 g/mol. The Hall–Kier alpha value is -0.900. The third kappa shape index (κ3) is 3.30. The molecule has 0 aromatic heterocycles. The van der Waals surface area contributed by atoms with Crippen LogP contribution < -0.4 is 10.6 Å². The van der Waals surface area contributed by atoms with Crippen LogP contribution >= 0.6 is 0 Å². The van der Waals surface area contributed by atoms with Crippen molar-refractivity contribution in [1.29, 1.82) is 0 Å². The molecular formula is C13H20N2O. The minimum atomic E-state index is -0.168. The van der Waals surface area contributed by atoms with E-state index in [9.17, 15) is 0 Å². The molecule has 0 radical (unpaired) electrons. The largest absolute Gasteiger partial charge is 0.360 e. The molecule has 0 saturated carbocycles. The van der Waals surface area contributed by atoms with E-state index in [1.807, 2.05) is 6.07 Å². The van der Waals surface area contributed by atoms with Crippen LogP contribution in [-0.4, -0.2) is 24.9 Å². The van der Waals surface area contributed by atoms with Crippen molar-refractivity contribution in [1.82, 2.24) is 10.6 Å². The van der Waals surface area contributed by atoms with Crippen LogP contribution in [0.3, 0.4) is 0 Å². The first kappa shape index (κ1) is 11.6. The molecule has 0 bridgehead atoms. The molecule has 1 saturated heterocycles. The lowest BCUT2D eigenvalue weighted by atomic mass is 10.2. The zero-order chi connectivity index (χ0) is 11.4. The van der Waals surface area contributed by atoms with Gasteiger partial charge in [0.2, 0.25) is 0 Å². The third-order valence-electron chi connectivity index (χ3n) is 2.76. The summed E-state index contributed by atoms with van der Waals surface area (Å²) in [6.07, 6.45) is 0. The standard InChI is InChI=1S/C13H20N2O/c1-13(2)15-12(10-16-13)9-14-8-11-6-4-3-5-7-11/h3-7,12,14-15H,8-10H2,1-2H3. The topological polar surface area (TPSA) is 33.3 Å². The van der Waals surface area contributed by atoms with E-state index in [1.165, 1.54) is 5.56 Å². The molecule has 3 nitrogen and oxygen atoms in total. The van der Waals surface area contributed by atoms with Crippen molar-refractivity contribution >= 4 is 0 Å². The number of nitrogens with one attached hydrogen (secondary N) is 2. The predicted octanol–water partition coefficient (Wildman–Crippen LogP) is 1.50. The fraction of sp³-hybridized carbons (Fsp3) is 0.538. The number of ether oxygens (including phenoxy) is 1. The summed E-state index contributed by atoms with van der Waals surface area (Å²) in [5, 5.41) is 6.87. The maximum atomic E-state index is 5.60. The molecule has 88 valence electrons. The quantitative estimate of drug-likeness (QED) is 0.807. The number of hydrogen-bond acceptors (Lipinski definition) is 3. The van der Waals surface area contributed by atoms with E-state index in [0.29, 0.717) is 6.04 Å². The second-order valence-electron chi connectivity index (χ2n) is 4.78. The van der Waals surface area contributed by atoms with Crippen LogP contribution in [0.5, 0.6) is 0 Å².